The molecule has 0 bridgehead atoms. The first-order valence-corrected chi connectivity index (χ1v) is 4.92. The Kier molecular flexibility index (Phi) is 2.65. The first-order valence-electron chi connectivity index (χ1n) is 4.92. The summed E-state index contributed by atoms with van der Waals surface area (Å²) in [5.74, 6) is -3.86. The average Bonchev–Trinajstić information content (AvgIpc) is 2.59. The van der Waals surface area contributed by atoms with Crippen molar-refractivity contribution in [2.24, 2.45) is 5.18 Å². The molecule has 90 valence electrons. The number of rotatable bonds is 2. The lowest BCUT2D eigenvalue weighted by molar-refractivity contribution is -0.0189. The third kappa shape index (κ3) is 1.69. The SMILES string of the molecule is COC(=O)c1ccc2c(c1)CC(N=O)C2(F)F. The lowest BCUT2D eigenvalue weighted by atomic mass is 10.1. The normalized spacial score (nSPS) is 20.8. The molecule has 0 saturated heterocycles. The number of fused-ring (bicyclic) bond motifs is 1. The quantitative estimate of drug-likeness (QED) is 0.589. The highest BCUT2D eigenvalue weighted by Crippen LogP contribution is 2.43. The predicted octanol–water partition coefficient (Wildman–Crippen LogP) is 2.26. The Morgan fingerprint density at radius 3 is 2.82 bits per heavy atom. The maximum absolute atomic E-state index is 13.6. The van der Waals surface area contributed by atoms with Crippen molar-refractivity contribution in [3.8, 4) is 0 Å². The molecule has 0 fully saturated rings. The fourth-order valence-corrected chi connectivity index (χ4v) is 1.95. The Hall–Kier alpha value is -1.85. The zero-order valence-electron chi connectivity index (χ0n) is 8.94. The Bertz CT molecular complexity index is 488. The van der Waals surface area contributed by atoms with Crippen molar-refractivity contribution >= 4 is 5.97 Å². The third-order valence-electron chi connectivity index (χ3n) is 2.84. The number of benzene rings is 1. The molecule has 1 atom stereocenters. The molecule has 17 heavy (non-hydrogen) atoms. The Labute approximate surface area is 95.6 Å². The van der Waals surface area contributed by atoms with Crippen LogP contribution >= 0.6 is 0 Å². The van der Waals surface area contributed by atoms with Crippen LogP contribution in [0, 0.1) is 4.91 Å². The summed E-state index contributed by atoms with van der Waals surface area (Å²) in [5.41, 5.74) is 0.214. The number of ether oxygens (including phenoxy) is 1. The lowest BCUT2D eigenvalue weighted by Crippen LogP contribution is -2.23. The topological polar surface area (TPSA) is 55.7 Å². The van der Waals surface area contributed by atoms with E-state index in [2.05, 4.69) is 9.91 Å². The summed E-state index contributed by atoms with van der Waals surface area (Å²) in [4.78, 5) is 21.6. The molecule has 0 spiro atoms. The Balaban J connectivity index is 2.45. The van der Waals surface area contributed by atoms with Crippen LogP contribution in [-0.2, 0) is 17.1 Å². The Morgan fingerprint density at radius 2 is 2.24 bits per heavy atom. The fraction of sp³-hybridized carbons (Fsp3) is 0.364. The van der Waals surface area contributed by atoms with E-state index in [4.69, 9.17) is 0 Å². The number of nitroso groups, excluding NO2 is 1. The molecule has 1 aromatic carbocycles. The minimum atomic E-state index is -3.26. The minimum absolute atomic E-state index is 0.156. The van der Waals surface area contributed by atoms with Crippen molar-refractivity contribution in [3.05, 3.63) is 39.8 Å². The van der Waals surface area contributed by atoms with Crippen LogP contribution in [0.25, 0.3) is 0 Å². The van der Waals surface area contributed by atoms with Gasteiger partial charge in [-0.1, -0.05) is 11.2 Å². The van der Waals surface area contributed by atoms with Crippen LogP contribution in [-0.4, -0.2) is 19.1 Å². The number of methoxy groups -OCH3 is 1. The first-order chi connectivity index (χ1) is 8.00. The molecule has 4 nitrogen and oxygen atoms in total. The third-order valence-corrected chi connectivity index (χ3v) is 2.84. The molecule has 1 aliphatic rings. The van der Waals surface area contributed by atoms with E-state index in [1.54, 1.807) is 0 Å². The zero-order valence-corrected chi connectivity index (χ0v) is 8.94. The highest BCUT2D eigenvalue weighted by atomic mass is 19.3. The van der Waals surface area contributed by atoms with E-state index in [9.17, 15) is 18.5 Å². The van der Waals surface area contributed by atoms with Crippen LogP contribution in [0.1, 0.15) is 21.5 Å². The lowest BCUT2D eigenvalue weighted by Gasteiger charge is -2.13. The summed E-state index contributed by atoms with van der Waals surface area (Å²) in [6, 6.07) is 2.13. The van der Waals surface area contributed by atoms with Crippen molar-refractivity contribution < 1.29 is 18.3 Å². The van der Waals surface area contributed by atoms with Crippen molar-refractivity contribution in [2.45, 2.75) is 18.4 Å². The van der Waals surface area contributed by atoms with Crippen LogP contribution in [0.2, 0.25) is 0 Å². The maximum atomic E-state index is 13.6. The molecule has 1 unspecified atom stereocenters. The number of hydrogen-bond acceptors (Lipinski definition) is 4. The van der Waals surface area contributed by atoms with Crippen molar-refractivity contribution in [1.82, 2.24) is 0 Å². The molecule has 0 aromatic heterocycles. The van der Waals surface area contributed by atoms with Crippen molar-refractivity contribution in [2.75, 3.05) is 7.11 Å². The highest BCUT2D eigenvalue weighted by molar-refractivity contribution is 5.89. The van der Waals surface area contributed by atoms with Crippen molar-refractivity contribution in [3.63, 3.8) is 0 Å². The van der Waals surface area contributed by atoms with Crippen LogP contribution in [0.3, 0.4) is 0 Å². The van der Waals surface area contributed by atoms with E-state index in [1.807, 2.05) is 0 Å². The molecule has 6 heteroatoms. The second-order valence-corrected chi connectivity index (χ2v) is 3.81. The largest absolute Gasteiger partial charge is 0.465 e. The molecule has 0 amide bonds. The molecule has 0 radical (unpaired) electrons. The number of carbonyl (C=O) groups is 1. The maximum Gasteiger partial charge on any atom is 0.337 e. The van der Waals surface area contributed by atoms with Gasteiger partial charge in [0, 0.05) is 12.0 Å². The molecule has 0 aliphatic heterocycles. The summed E-state index contributed by atoms with van der Waals surface area (Å²) in [6.07, 6.45) is -0.156. The molecule has 0 heterocycles. The van der Waals surface area contributed by atoms with Crippen molar-refractivity contribution in [1.29, 1.82) is 0 Å². The second-order valence-electron chi connectivity index (χ2n) is 3.81. The number of alkyl halides is 2. The summed E-state index contributed by atoms with van der Waals surface area (Å²) in [6.45, 7) is 0. The predicted molar refractivity (Wildman–Crippen MR) is 55.0 cm³/mol. The Morgan fingerprint density at radius 1 is 1.53 bits per heavy atom. The number of esters is 1. The molecule has 0 saturated carbocycles. The molecule has 0 N–H and O–H groups in total. The van der Waals surface area contributed by atoms with Gasteiger partial charge in [-0.05, 0) is 17.7 Å². The van der Waals surface area contributed by atoms with E-state index in [-0.39, 0.29) is 23.1 Å². The van der Waals surface area contributed by atoms with Gasteiger partial charge in [-0.3, -0.25) is 0 Å². The smallest absolute Gasteiger partial charge is 0.337 e. The molecule has 1 aromatic rings. The molecular formula is C11H9F2NO3. The summed E-state index contributed by atoms with van der Waals surface area (Å²) in [7, 11) is 1.21. The van der Waals surface area contributed by atoms with E-state index < -0.39 is 17.9 Å². The first kappa shape index (κ1) is 11.6. The van der Waals surface area contributed by atoms with Gasteiger partial charge in [-0.15, -0.1) is 0 Å². The van der Waals surface area contributed by atoms with Gasteiger partial charge >= 0.3 is 5.97 Å². The van der Waals surface area contributed by atoms with Gasteiger partial charge in [0.1, 0.15) is 0 Å². The van der Waals surface area contributed by atoms with Gasteiger partial charge < -0.3 is 4.74 Å². The van der Waals surface area contributed by atoms with Gasteiger partial charge in [-0.25, -0.2) is 4.79 Å². The second kappa shape index (κ2) is 3.87. The monoisotopic (exact) mass is 241 g/mol. The van der Waals surface area contributed by atoms with E-state index in [0.717, 1.165) is 6.07 Å². The van der Waals surface area contributed by atoms with E-state index >= 15 is 0 Å². The van der Waals surface area contributed by atoms with E-state index in [0.29, 0.717) is 0 Å². The molecular weight excluding hydrogens is 232 g/mol. The summed E-state index contributed by atoms with van der Waals surface area (Å²) < 4.78 is 31.7. The molecule has 1 aliphatic carbocycles. The average molecular weight is 241 g/mol. The highest BCUT2D eigenvalue weighted by Gasteiger charge is 2.49. The number of nitrogens with zero attached hydrogens (tertiary/aromatic N) is 1. The van der Waals surface area contributed by atoms with Crippen LogP contribution < -0.4 is 0 Å². The van der Waals surface area contributed by atoms with Crippen LogP contribution in [0.5, 0.6) is 0 Å². The van der Waals surface area contributed by atoms with Gasteiger partial charge in [0.05, 0.1) is 12.7 Å². The van der Waals surface area contributed by atoms with Gasteiger partial charge in [0.2, 0.25) is 0 Å². The fourth-order valence-electron chi connectivity index (χ4n) is 1.95. The zero-order chi connectivity index (χ0) is 12.6. The van der Waals surface area contributed by atoms with Crippen LogP contribution in [0.4, 0.5) is 8.78 Å². The molecule has 2 rings (SSSR count). The van der Waals surface area contributed by atoms with Gasteiger partial charge in [-0.2, -0.15) is 13.7 Å². The number of hydrogen-bond donors (Lipinski definition) is 0. The number of halogens is 2. The van der Waals surface area contributed by atoms with Gasteiger partial charge in [0.15, 0.2) is 6.04 Å². The summed E-state index contributed by atoms with van der Waals surface area (Å²) >= 11 is 0. The number of carbonyl (C=O) groups excluding carboxylic acids is 1. The summed E-state index contributed by atoms with van der Waals surface area (Å²) in [5, 5.41) is 2.43. The van der Waals surface area contributed by atoms with Gasteiger partial charge in [0.25, 0.3) is 5.92 Å². The standard InChI is InChI=1S/C11H9F2NO3/c1-17-10(15)6-2-3-8-7(4-6)5-9(14-16)11(8,12)13/h2-4,9H,5H2,1H3. The van der Waals surface area contributed by atoms with E-state index in [1.165, 1.54) is 19.2 Å². The minimum Gasteiger partial charge on any atom is -0.465 e. The van der Waals surface area contributed by atoms with Crippen LogP contribution in [0.15, 0.2) is 23.4 Å².